The first-order valence-electron chi connectivity index (χ1n) is 8.85. The smallest absolute Gasteiger partial charge is 0.259 e. The van der Waals surface area contributed by atoms with Gasteiger partial charge in [-0.2, -0.15) is 0 Å². The van der Waals surface area contributed by atoms with E-state index in [-0.39, 0.29) is 18.7 Å². The van der Waals surface area contributed by atoms with Crippen molar-refractivity contribution in [3.63, 3.8) is 0 Å². The number of hydrogen-bond acceptors (Lipinski definition) is 4. The summed E-state index contributed by atoms with van der Waals surface area (Å²) in [4.78, 5) is 16.8. The third-order valence-corrected chi connectivity index (χ3v) is 4.33. The van der Waals surface area contributed by atoms with Crippen LogP contribution in [0.2, 0.25) is 0 Å². The van der Waals surface area contributed by atoms with Gasteiger partial charge in [0.1, 0.15) is 17.9 Å². The Kier molecular flexibility index (Phi) is 6.09. The van der Waals surface area contributed by atoms with Crippen LogP contribution < -0.4 is 10.1 Å². The van der Waals surface area contributed by atoms with Crippen molar-refractivity contribution in [3.05, 3.63) is 96.2 Å². The van der Waals surface area contributed by atoms with E-state index >= 15 is 0 Å². The molecule has 146 valence electrons. The van der Waals surface area contributed by atoms with Gasteiger partial charge in [0.15, 0.2) is 5.75 Å². The lowest BCUT2D eigenvalue weighted by Crippen LogP contribution is -2.12. The van der Waals surface area contributed by atoms with Gasteiger partial charge in [0, 0.05) is 23.3 Å². The molecule has 4 rings (SSSR count). The number of rotatable bonds is 5. The molecule has 0 aliphatic rings. The number of phenols is 1. The van der Waals surface area contributed by atoms with Crippen LogP contribution in [0.4, 0.5) is 5.69 Å². The zero-order chi connectivity index (χ0) is 19.3. The van der Waals surface area contributed by atoms with Crippen LogP contribution in [0, 0.1) is 0 Å². The molecule has 0 atom stereocenters. The summed E-state index contributed by atoms with van der Waals surface area (Å²) in [7, 11) is 0. The lowest BCUT2D eigenvalue weighted by atomic mass is 10.1. The summed E-state index contributed by atoms with van der Waals surface area (Å²) < 4.78 is 5.79. The van der Waals surface area contributed by atoms with Crippen LogP contribution in [0.3, 0.4) is 0 Å². The molecule has 4 aromatic rings. The molecular weight excluding hydrogens is 364 g/mol. The summed E-state index contributed by atoms with van der Waals surface area (Å²) in [6.07, 6.45) is 1.58. The Balaban J connectivity index is 0.00000240. The van der Waals surface area contributed by atoms with Gasteiger partial charge in [-0.1, -0.05) is 56.0 Å². The normalized spacial score (nSPS) is 10.2. The Morgan fingerprint density at radius 2 is 1.79 bits per heavy atom. The van der Waals surface area contributed by atoms with Crippen molar-refractivity contribution >= 4 is 22.5 Å². The minimum absolute atomic E-state index is 0. The van der Waals surface area contributed by atoms with Gasteiger partial charge in [-0.25, -0.2) is 0 Å². The molecule has 0 saturated carbocycles. The van der Waals surface area contributed by atoms with Gasteiger partial charge in [0.25, 0.3) is 5.91 Å². The van der Waals surface area contributed by atoms with Gasteiger partial charge in [0.2, 0.25) is 0 Å². The number of carbonyl (C=O) groups excluding carboxylic acids is 1. The number of ether oxygens (including phenoxy) is 1. The fourth-order valence-electron chi connectivity index (χ4n) is 2.92. The molecule has 0 aliphatic heterocycles. The molecule has 5 heteroatoms. The predicted octanol–water partition coefficient (Wildman–Crippen LogP) is 5.41. The second-order valence-corrected chi connectivity index (χ2v) is 6.29. The zero-order valence-corrected chi connectivity index (χ0v) is 15.0. The maximum absolute atomic E-state index is 12.6. The third kappa shape index (κ3) is 4.52. The highest BCUT2D eigenvalue weighted by Gasteiger charge is 2.15. The number of pyridine rings is 1. The summed E-state index contributed by atoms with van der Waals surface area (Å²) in [6, 6.07) is 24.0. The fraction of sp³-hybridized carbons (Fsp3) is 0.0833. The highest BCUT2D eigenvalue weighted by atomic mass is 16.5. The van der Waals surface area contributed by atoms with Crippen molar-refractivity contribution in [2.24, 2.45) is 0 Å². The quantitative estimate of drug-likeness (QED) is 0.481. The SMILES string of the molecule is C.O=C(Nc1cccc(OCc2ccccc2)c1)c1ccc2cccnc2c1O. The second-order valence-electron chi connectivity index (χ2n) is 6.29. The van der Waals surface area contributed by atoms with Gasteiger partial charge in [0.05, 0.1) is 5.56 Å². The van der Waals surface area contributed by atoms with E-state index in [1.165, 1.54) is 0 Å². The predicted molar refractivity (Wildman–Crippen MR) is 115 cm³/mol. The zero-order valence-electron chi connectivity index (χ0n) is 15.0. The summed E-state index contributed by atoms with van der Waals surface area (Å²) >= 11 is 0. The first-order chi connectivity index (χ1) is 13.7. The van der Waals surface area contributed by atoms with E-state index in [1.807, 2.05) is 42.5 Å². The number of hydrogen-bond donors (Lipinski definition) is 2. The number of amides is 1. The highest BCUT2D eigenvalue weighted by molar-refractivity contribution is 6.09. The average molecular weight is 386 g/mol. The molecule has 0 spiro atoms. The number of nitrogens with zero attached hydrogens (tertiary/aromatic N) is 1. The van der Waals surface area contributed by atoms with E-state index in [9.17, 15) is 9.90 Å². The summed E-state index contributed by atoms with van der Waals surface area (Å²) in [5.74, 6) is 0.100. The average Bonchev–Trinajstić information content (AvgIpc) is 2.74. The van der Waals surface area contributed by atoms with Gasteiger partial charge >= 0.3 is 0 Å². The van der Waals surface area contributed by atoms with Crippen LogP contribution >= 0.6 is 0 Å². The molecule has 3 aromatic carbocycles. The Hall–Kier alpha value is -3.86. The van der Waals surface area contributed by atoms with Crippen molar-refractivity contribution in [1.29, 1.82) is 0 Å². The Bertz CT molecular complexity index is 1130. The molecule has 0 unspecified atom stereocenters. The lowest BCUT2D eigenvalue weighted by molar-refractivity contribution is 0.102. The molecule has 2 N–H and O–H groups in total. The molecule has 0 radical (unpaired) electrons. The van der Waals surface area contributed by atoms with Crippen molar-refractivity contribution < 1.29 is 14.6 Å². The van der Waals surface area contributed by atoms with Crippen LogP contribution in [0.5, 0.6) is 11.5 Å². The van der Waals surface area contributed by atoms with Crippen LogP contribution in [0.1, 0.15) is 23.3 Å². The van der Waals surface area contributed by atoms with Crippen molar-refractivity contribution in [3.8, 4) is 11.5 Å². The number of fused-ring (bicyclic) bond motifs is 1. The van der Waals surface area contributed by atoms with E-state index < -0.39 is 5.91 Å². The van der Waals surface area contributed by atoms with E-state index in [0.717, 1.165) is 10.9 Å². The number of aromatic hydroxyl groups is 1. The molecule has 0 aliphatic carbocycles. The van der Waals surface area contributed by atoms with Gasteiger partial charge in [-0.3, -0.25) is 9.78 Å². The first-order valence-corrected chi connectivity index (χ1v) is 8.85. The summed E-state index contributed by atoms with van der Waals surface area (Å²) in [5, 5.41) is 14.0. The molecule has 29 heavy (non-hydrogen) atoms. The minimum Gasteiger partial charge on any atom is -0.505 e. The Morgan fingerprint density at radius 1 is 0.966 bits per heavy atom. The molecule has 1 aromatic heterocycles. The molecular formula is C24H22N2O3. The number of benzene rings is 3. The van der Waals surface area contributed by atoms with Gasteiger partial charge in [-0.15, -0.1) is 0 Å². The number of aromatic nitrogens is 1. The molecule has 0 fully saturated rings. The van der Waals surface area contributed by atoms with Gasteiger partial charge < -0.3 is 15.2 Å². The molecule has 1 amide bonds. The van der Waals surface area contributed by atoms with Crippen LogP contribution in [-0.4, -0.2) is 16.0 Å². The number of nitrogens with one attached hydrogen (secondary N) is 1. The van der Waals surface area contributed by atoms with Crippen LogP contribution in [0.25, 0.3) is 10.9 Å². The Morgan fingerprint density at radius 3 is 2.62 bits per heavy atom. The standard InChI is InChI=1S/C23H18N2O3.CH4/c26-22-20(12-11-17-8-5-13-24-21(17)22)23(27)25-18-9-4-10-19(14-18)28-15-16-6-2-1-3-7-16;/h1-14,26H,15H2,(H,25,27);1H4. The monoisotopic (exact) mass is 386 g/mol. The Labute approximate surface area is 169 Å². The number of carbonyl (C=O) groups is 1. The molecule has 5 nitrogen and oxygen atoms in total. The van der Waals surface area contributed by atoms with E-state index in [4.69, 9.17) is 4.74 Å². The first kappa shape index (κ1) is 19.9. The van der Waals surface area contributed by atoms with E-state index in [0.29, 0.717) is 23.6 Å². The van der Waals surface area contributed by atoms with E-state index in [1.54, 1.807) is 42.6 Å². The van der Waals surface area contributed by atoms with Crippen LogP contribution in [-0.2, 0) is 6.61 Å². The highest BCUT2D eigenvalue weighted by Crippen LogP contribution is 2.28. The maximum atomic E-state index is 12.6. The summed E-state index contributed by atoms with van der Waals surface area (Å²) in [5.41, 5.74) is 2.21. The van der Waals surface area contributed by atoms with Crippen LogP contribution in [0.15, 0.2) is 85.1 Å². The third-order valence-electron chi connectivity index (χ3n) is 4.33. The molecule has 0 saturated heterocycles. The van der Waals surface area contributed by atoms with Gasteiger partial charge in [-0.05, 0) is 29.8 Å². The van der Waals surface area contributed by atoms with Crippen molar-refractivity contribution in [2.45, 2.75) is 14.0 Å². The summed E-state index contributed by atoms with van der Waals surface area (Å²) in [6.45, 7) is 0.440. The molecule has 0 bridgehead atoms. The number of anilines is 1. The van der Waals surface area contributed by atoms with E-state index in [2.05, 4.69) is 10.3 Å². The molecule has 1 heterocycles. The van der Waals surface area contributed by atoms with Crippen molar-refractivity contribution in [2.75, 3.05) is 5.32 Å². The fourth-order valence-corrected chi connectivity index (χ4v) is 2.92. The second kappa shape index (κ2) is 8.89. The minimum atomic E-state index is -0.412. The largest absolute Gasteiger partial charge is 0.505 e. The maximum Gasteiger partial charge on any atom is 0.259 e. The topological polar surface area (TPSA) is 71.5 Å². The van der Waals surface area contributed by atoms with Crippen molar-refractivity contribution in [1.82, 2.24) is 4.98 Å². The lowest BCUT2D eigenvalue weighted by Gasteiger charge is -2.11. The number of phenolic OH excluding ortho intramolecular Hbond substituents is 1.